The molecular formula is C24H47NO6S2. The number of hydrogen-bond acceptors (Lipinski definition) is 6. The van der Waals surface area contributed by atoms with E-state index < -0.39 is 25.7 Å². The Labute approximate surface area is 204 Å². The zero-order valence-corrected chi connectivity index (χ0v) is 23.9. The van der Waals surface area contributed by atoms with Crippen molar-refractivity contribution in [1.82, 2.24) is 4.31 Å². The van der Waals surface area contributed by atoms with Gasteiger partial charge in [-0.1, -0.05) is 91.8 Å². The van der Waals surface area contributed by atoms with Gasteiger partial charge in [-0.2, -0.15) is 4.31 Å². The van der Waals surface area contributed by atoms with E-state index in [2.05, 4.69) is 0 Å². The monoisotopic (exact) mass is 509 g/mol. The molecule has 33 heavy (non-hydrogen) atoms. The Morgan fingerprint density at radius 1 is 0.576 bits per heavy atom. The Morgan fingerprint density at radius 3 is 1.15 bits per heavy atom. The van der Waals surface area contributed by atoms with Crippen LogP contribution in [0.1, 0.15) is 55.4 Å². The Hall–Kier alpha value is -1.78. The molecule has 0 saturated carbocycles. The number of aliphatic hydroxyl groups is 2. The second kappa shape index (κ2) is 28.3. The molecule has 0 aromatic heterocycles. The largest absolute Gasteiger partial charge is 0.400 e. The topological polar surface area (TPSA) is 112 Å². The van der Waals surface area contributed by atoms with Gasteiger partial charge in [0, 0.05) is 21.3 Å². The van der Waals surface area contributed by atoms with Gasteiger partial charge >= 0.3 is 0 Å². The number of sulfone groups is 1. The molecule has 2 rings (SSSR count). The lowest BCUT2D eigenvalue weighted by molar-refractivity contribution is 0.399. The maximum absolute atomic E-state index is 12.3. The van der Waals surface area contributed by atoms with E-state index >= 15 is 0 Å². The van der Waals surface area contributed by atoms with Crippen molar-refractivity contribution in [3.05, 3.63) is 60.7 Å². The number of benzene rings is 2. The van der Waals surface area contributed by atoms with Crippen LogP contribution in [-0.2, 0) is 19.9 Å². The van der Waals surface area contributed by atoms with Crippen LogP contribution in [0.4, 0.5) is 0 Å². The van der Waals surface area contributed by atoms with Gasteiger partial charge in [-0.25, -0.2) is 16.8 Å². The first-order chi connectivity index (χ1) is 15.8. The normalized spacial score (nSPS) is 9.03. The lowest BCUT2D eigenvalue weighted by Crippen LogP contribution is -2.32. The zero-order chi connectivity index (χ0) is 27.5. The average Bonchev–Trinajstić information content (AvgIpc) is 2.92. The Bertz CT molecular complexity index is 811. The molecule has 0 saturated heterocycles. The summed E-state index contributed by atoms with van der Waals surface area (Å²) >= 11 is 0. The van der Waals surface area contributed by atoms with E-state index in [1.165, 1.54) is 31.3 Å². The summed E-state index contributed by atoms with van der Waals surface area (Å²) in [6.07, 6.45) is 0. The SMILES string of the molecule is CC.CC.CC.CC.CN(CS(=O)(=O)c1ccccc1)S(=O)(=O)c1ccccc1.CO.CO. The molecule has 0 bridgehead atoms. The highest BCUT2D eigenvalue weighted by molar-refractivity contribution is 7.93. The first-order valence-corrected chi connectivity index (χ1v) is 14.1. The molecule has 0 aliphatic heterocycles. The van der Waals surface area contributed by atoms with E-state index in [1.807, 2.05) is 55.4 Å². The van der Waals surface area contributed by atoms with Crippen LogP contribution < -0.4 is 0 Å². The summed E-state index contributed by atoms with van der Waals surface area (Å²) < 4.78 is 49.9. The molecule has 0 heterocycles. The maximum atomic E-state index is 12.3. The first-order valence-electron chi connectivity index (χ1n) is 11.0. The van der Waals surface area contributed by atoms with Gasteiger partial charge in [-0.15, -0.1) is 0 Å². The number of hydrogen-bond donors (Lipinski definition) is 2. The Morgan fingerprint density at radius 2 is 0.848 bits per heavy atom. The standard InChI is InChI=1S/C14H15NO4S2.4C2H6.2CH4O/c1-15(21(18,19)14-10-6-3-7-11-14)12-20(16,17)13-8-4-2-5-9-13;6*1-2/h2-11H,12H2,1H3;4*1-2H3;2*2H,1H3. The van der Waals surface area contributed by atoms with Crippen LogP contribution >= 0.6 is 0 Å². The predicted octanol–water partition coefficient (Wildman–Crippen LogP) is 5.06. The first kappa shape index (κ1) is 41.5. The highest BCUT2D eigenvalue weighted by atomic mass is 32.2. The molecule has 0 spiro atoms. The minimum Gasteiger partial charge on any atom is -0.400 e. The van der Waals surface area contributed by atoms with Gasteiger partial charge < -0.3 is 10.2 Å². The average molecular weight is 510 g/mol. The van der Waals surface area contributed by atoms with Gasteiger partial charge in [0.15, 0.2) is 9.84 Å². The highest BCUT2D eigenvalue weighted by Gasteiger charge is 2.26. The van der Waals surface area contributed by atoms with Gasteiger partial charge in [-0.3, -0.25) is 0 Å². The molecule has 2 N–H and O–H groups in total. The van der Waals surface area contributed by atoms with Crippen LogP contribution in [0.5, 0.6) is 0 Å². The molecule has 2 aromatic rings. The minimum absolute atomic E-state index is 0.0655. The van der Waals surface area contributed by atoms with E-state index in [1.54, 1.807) is 36.4 Å². The van der Waals surface area contributed by atoms with Crippen LogP contribution in [0.3, 0.4) is 0 Å². The number of nitrogens with zero attached hydrogens (tertiary/aromatic N) is 1. The summed E-state index contributed by atoms with van der Waals surface area (Å²) in [6.45, 7) is 16.0. The van der Waals surface area contributed by atoms with Gasteiger partial charge in [0.2, 0.25) is 10.0 Å². The lowest BCUT2D eigenvalue weighted by Gasteiger charge is -2.17. The van der Waals surface area contributed by atoms with E-state index in [-0.39, 0.29) is 9.79 Å². The number of sulfonamides is 1. The Kier molecular flexibility index (Phi) is 35.5. The fourth-order valence-corrected chi connectivity index (χ4v) is 4.82. The van der Waals surface area contributed by atoms with Crippen LogP contribution in [0.15, 0.2) is 70.5 Å². The van der Waals surface area contributed by atoms with Crippen molar-refractivity contribution in [3.8, 4) is 0 Å². The lowest BCUT2D eigenvalue weighted by atomic mass is 10.4. The fraction of sp³-hybridized carbons (Fsp3) is 0.500. The van der Waals surface area contributed by atoms with Crippen molar-refractivity contribution >= 4 is 19.9 Å². The van der Waals surface area contributed by atoms with E-state index in [4.69, 9.17) is 10.2 Å². The van der Waals surface area contributed by atoms with Gasteiger partial charge in [0.05, 0.1) is 9.79 Å². The molecule has 2 aromatic carbocycles. The molecule has 196 valence electrons. The molecule has 0 atom stereocenters. The summed E-state index contributed by atoms with van der Waals surface area (Å²) in [7, 11) is -4.28. The summed E-state index contributed by atoms with van der Waals surface area (Å²) in [4.78, 5) is 0.163. The Balaban J connectivity index is -0.000000189. The molecule has 0 unspecified atom stereocenters. The predicted molar refractivity (Wildman–Crippen MR) is 142 cm³/mol. The van der Waals surface area contributed by atoms with E-state index in [0.29, 0.717) is 0 Å². The third kappa shape index (κ3) is 17.4. The molecule has 9 heteroatoms. The minimum atomic E-state index is -3.83. The summed E-state index contributed by atoms with van der Waals surface area (Å²) in [5.74, 6) is -0.603. The van der Waals surface area contributed by atoms with Crippen molar-refractivity contribution in [2.45, 2.75) is 65.2 Å². The molecular weight excluding hydrogens is 462 g/mol. The van der Waals surface area contributed by atoms with Crippen molar-refractivity contribution in [2.75, 3.05) is 27.1 Å². The molecule has 0 aliphatic rings. The third-order valence-electron chi connectivity index (χ3n) is 2.91. The zero-order valence-electron chi connectivity index (χ0n) is 22.3. The summed E-state index contributed by atoms with van der Waals surface area (Å²) in [5.41, 5.74) is 0. The summed E-state index contributed by atoms with van der Waals surface area (Å²) in [5, 5.41) is 14.0. The van der Waals surface area contributed by atoms with Crippen LogP contribution in [0.25, 0.3) is 0 Å². The molecule has 0 aliphatic carbocycles. The second-order valence-corrected chi connectivity index (χ2v) is 8.48. The molecule has 7 nitrogen and oxygen atoms in total. The van der Waals surface area contributed by atoms with Gasteiger partial charge in [0.25, 0.3) is 0 Å². The van der Waals surface area contributed by atoms with Gasteiger partial charge in [-0.05, 0) is 24.3 Å². The van der Waals surface area contributed by atoms with Crippen molar-refractivity contribution in [1.29, 1.82) is 0 Å². The van der Waals surface area contributed by atoms with Crippen LogP contribution in [0, 0.1) is 0 Å². The van der Waals surface area contributed by atoms with Gasteiger partial charge in [0.1, 0.15) is 5.88 Å². The third-order valence-corrected chi connectivity index (χ3v) is 6.60. The van der Waals surface area contributed by atoms with E-state index in [9.17, 15) is 16.8 Å². The van der Waals surface area contributed by atoms with Crippen molar-refractivity contribution in [2.24, 2.45) is 0 Å². The summed E-state index contributed by atoms with van der Waals surface area (Å²) in [6, 6.07) is 15.5. The van der Waals surface area contributed by atoms with Crippen molar-refractivity contribution < 1.29 is 27.0 Å². The highest BCUT2D eigenvalue weighted by Crippen LogP contribution is 2.17. The second-order valence-electron chi connectivity index (χ2n) is 4.47. The quantitative estimate of drug-likeness (QED) is 0.583. The fourth-order valence-electron chi connectivity index (χ4n) is 1.78. The van der Waals surface area contributed by atoms with E-state index in [0.717, 1.165) is 18.5 Å². The molecule has 0 radical (unpaired) electrons. The van der Waals surface area contributed by atoms with Crippen LogP contribution in [0.2, 0.25) is 0 Å². The smallest absolute Gasteiger partial charge is 0.243 e. The van der Waals surface area contributed by atoms with Crippen molar-refractivity contribution in [3.63, 3.8) is 0 Å². The maximum Gasteiger partial charge on any atom is 0.243 e. The molecule has 0 fully saturated rings. The number of rotatable bonds is 5. The number of aliphatic hydroxyl groups excluding tert-OH is 2. The molecule has 0 amide bonds. The van der Waals surface area contributed by atoms with Crippen LogP contribution in [-0.4, -0.2) is 58.5 Å².